The Hall–Kier alpha value is -8.10. The van der Waals surface area contributed by atoms with Crippen LogP contribution >= 0.6 is 69.4 Å². The average Bonchev–Trinajstić information content (AvgIpc) is 0.823. The van der Waals surface area contributed by atoms with Gasteiger partial charge in [0.05, 0.1) is 63.8 Å². The van der Waals surface area contributed by atoms with Crippen molar-refractivity contribution in [3.05, 3.63) is 172 Å². The summed E-state index contributed by atoms with van der Waals surface area (Å²) < 4.78 is 92.1. The number of carbonyl (C=O) groups excluding carboxylic acids is 2. The van der Waals surface area contributed by atoms with Gasteiger partial charge in [-0.15, -0.1) is 167 Å². The first kappa shape index (κ1) is 184. The summed E-state index contributed by atoms with van der Waals surface area (Å²) in [5.74, 6) is -4.15. The van der Waals surface area contributed by atoms with Gasteiger partial charge in [-0.3, -0.25) is 34.0 Å². The summed E-state index contributed by atoms with van der Waals surface area (Å²) in [6, 6.07) is 0. The number of esters is 2. The molecule has 0 aliphatic rings. The van der Waals surface area contributed by atoms with Gasteiger partial charge in [-0.05, 0) is 12.1 Å². The number of nitrogens with one attached hydrogen (secondary N) is 1. The van der Waals surface area contributed by atoms with Crippen molar-refractivity contribution in [3.63, 3.8) is 0 Å². The minimum atomic E-state index is -4.67. The minimum absolute atomic E-state index is 0. The number of nitrogens with zero attached hydrogens (tertiary/aromatic N) is 17. The molecule has 150 heavy (non-hydrogen) atoms. The molecule has 0 heterocycles. The number of aliphatic hydroxyl groups excluding tert-OH is 3. The van der Waals surface area contributed by atoms with Crippen LogP contribution in [0.5, 0.6) is 0 Å². The van der Waals surface area contributed by atoms with Gasteiger partial charge in [0.15, 0.2) is 0 Å². The molecule has 0 amide bonds. The predicted octanol–water partition coefficient (Wildman–Crippen LogP) is -20.8. The third-order valence-electron chi connectivity index (χ3n) is 13.1. The Bertz CT molecular complexity index is 4030. The first-order valence-electron chi connectivity index (χ1n) is 32.9. The van der Waals surface area contributed by atoms with Crippen LogP contribution in [-0.4, -0.2) is 346 Å². The molecular weight excluding hydrogens is 2560 g/mol. The number of thiol groups is 1. The van der Waals surface area contributed by atoms with Crippen molar-refractivity contribution in [1.82, 2.24) is 5.64 Å². The zero-order valence-electron chi connectivity index (χ0n) is 75.4. The molecule has 0 bridgehead atoms. The average molecular weight is 2650 g/mol. The molecule has 866 valence electrons. The largest absolute Gasteiger partial charge is 1.00 e. The van der Waals surface area contributed by atoms with Crippen molar-refractivity contribution >= 4 is 151 Å². The summed E-state index contributed by atoms with van der Waals surface area (Å²) >= 11 is 17.6. The van der Waals surface area contributed by atoms with E-state index < -0.39 is 306 Å². The van der Waals surface area contributed by atoms with E-state index in [4.69, 9.17) is 55.9 Å². The molecule has 0 fully saturated rings. The Morgan fingerprint density at radius 3 is 0.607 bits per heavy atom. The Morgan fingerprint density at radius 1 is 0.367 bits per heavy atom. The van der Waals surface area contributed by atoms with E-state index in [-0.39, 0.29) is 180 Å². The normalized spacial score (nSPS) is 11.2. The molecule has 109 heteroatoms. The van der Waals surface area contributed by atoms with Gasteiger partial charge in [0.2, 0.25) is 6.54 Å². The van der Waals surface area contributed by atoms with Crippen molar-refractivity contribution < 1.29 is 401 Å². The van der Waals surface area contributed by atoms with Gasteiger partial charge in [0, 0.05) is 74.1 Å². The van der Waals surface area contributed by atoms with Gasteiger partial charge >= 0.3 is 141 Å². The Labute approximate surface area is 964 Å². The molecule has 0 saturated heterocycles. The number of aliphatic hydroxyl groups is 3. The van der Waals surface area contributed by atoms with Gasteiger partial charge < -0.3 is 137 Å². The molecule has 93 nitrogen and oxygen atoms in total. The van der Waals surface area contributed by atoms with Crippen LogP contribution in [0.3, 0.4) is 0 Å². The molecule has 0 radical (unpaired) electrons. The van der Waals surface area contributed by atoms with E-state index in [0.29, 0.717) is 38.7 Å². The first-order chi connectivity index (χ1) is 65.1. The molecular formula is C41H84Br3N18Na4O75S9+. The van der Waals surface area contributed by atoms with Crippen LogP contribution in [0.1, 0.15) is 34.6 Å². The third-order valence-corrected chi connectivity index (χ3v) is 23.3. The topological polar surface area (TPSA) is 1370 Å². The number of nitro groups is 1. The quantitative estimate of drug-likeness (QED) is 0.00228. The number of hydrogen-bond acceptors (Lipinski definition) is 76. The molecule has 0 aliphatic heterocycles. The fraction of sp³-hybridized carbons (Fsp3) is 0.951. The second kappa shape index (κ2) is 103. The van der Waals surface area contributed by atoms with Crippen LogP contribution in [0.2, 0.25) is 0 Å². The maximum atomic E-state index is 11.5. The van der Waals surface area contributed by atoms with Crippen LogP contribution in [0.4, 0.5) is 0 Å². The van der Waals surface area contributed by atoms with Gasteiger partial charge in [-0.2, -0.15) is 18.6 Å². The van der Waals surface area contributed by atoms with Crippen LogP contribution < -0.4 is 134 Å². The van der Waals surface area contributed by atoms with Crippen LogP contribution in [-0.2, 0) is 179 Å². The van der Waals surface area contributed by atoms with Crippen molar-refractivity contribution in [3.8, 4) is 0 Å². The molecule has 3 atom stereocenters. The Balaban J connectivity index is -0.0000000853. The molecule has 0 rings (SSSR count). The van der Waals surface area contributed by atoms with E-state index in [1.807, 2.05) is 0 Å². The van der Waals surface area contributed by atoms with Crippen molar-refractivity contribution in [2.45, 2.75) is 34.6 Å². The Kier molecular flexibility index (Phi) is 126. The van der Waals surface area contributed by atoms with E-state index in [1.54, 1.807) is 6.92 Å². The van der Waals surface area contributed by atoms with Crippen molar-refractivity contribution in [1.29, 1.82) is 0 Å². The van der Waals surface area contributed by atoms with Crippen LogP contribution in [0.25, 0.3) is 0 Å². The second-order valence-electron chi connectivity index (χ2n) is 24.2. The summed E-state index contributed by atoms with van der Waals surface area (Å²) in [6.07, 6.45) is 0.438. The van der Waals surface area contributed by atoms with E-state index in [9.17, 15) is 200 Å². The van der Waals surface area contributed by atoms with Crippen LogP contribution in [0.15, 0.2) is 0 Å². The zero-order chi connectivity index (χ0) is 113. The van der Waals surface area contributed by atoms with E-state index in [0.717, 1.165) is 5.64 Å². The Morgan fingerprint density at radius 2 is 0.513 bits per heavy atom. The number of carbonyl (C=O) groups is 2. The molecule has 0 aromatic carbocycles. The number of alkyl halides is 3. The third kappa shape index (κ3) is 123. The summed E-state index contributed by atoms with van der Waals surface area (Å²) in [6.45, 7) is -11.4. The molecule has 0 aromatic heterocycles. The first-order valence-corrected chi connectivity index (χ1v) is 47.8. The van der Waals surface area contributed by atoms with Gasteiger partial charge in [0.1, 0.15) is 133 Å². The molecule has 0 spiro atoms. The smallest absolute Gasteiger partial charge is 0.709 e. The van der Waals surface area contributed by atoms with E-state index in [1.165, 1.54) is 13.8 Å². The predicted molar refractivity (Wildman–Crippen MR) is 458 cm³/mol. The number of ether oxygens (including phenoxy) is 1. The van der Waals surface area contributed by atoms with E-state index in [2.05, 4.69) is 166 Å². The van der Waals surface area contributed by atoms with E-state index >= 15 is 0 Å². The monoisotopic (exact) mass is 2640 g/mol. The molecule has 0 saturated carbocycles. The molecule has 14 N–H and O–H groups in total. The van der Waals surface area contributed by atoms with Gasteiger partial charge in [0.25, 0.3) is 81.4 Å². The summed E-state index contributed by atoms with van der Waals surface area (Å²) in [5.41, 5.74) is -9.99. The number of rotatable bonds is 69. The zero-order valence-corrected chi connectivity index (χ0v) is 95.6. The van der Waals surface area contributed by atoms with Gasteiger partial charge in [-0.1, -0.05) is 83.7 Å². The van der Waals surface area contributed by atoms with Crippen molar-refractivity contribution in [2.75, 3.05) is 171 Å². The molecule has 0 aromatic rings. The maximum absolute atomic E-state index is 11.5. The summed E-state index contributed by atoms with van der Waals surface area (Å²) in [7, 11) is -14.7. The standard InChI is InChI=1S/C10H16N6O18S2.C6H11BrN2O5.C5H8BrN3O9.C5H11BrO3.2C5H9N3O12S2.C4H6O3.CH4.H3NO3.4Na.H2O4S.HO3S2.3H2O/c17-11(18)29-1-9(2-30-12(19)20,3-31-13(21)22)7-35-36-8-10(4-32-14(23)24,5-33-15(25)26)6-34-16(27)28;1-2-6(3-7,4-8(10)11)5-14-9(12)13;6-1-5(2-16-7(10)11,3-17-8(12)13)4-18-9(14)15;6-1-5(2-7,3-8)4-9;2*9-6(10)17-1-5(2-18-7(11)12,3-19-8(13)14)4-22(16,21)20-15;1-3(5)7-4(2)6;;2-1-4-3;;;;;1-5(2,3)4;1-4-5(2)3;;;/h1-8H2;2-5H2,1H3;1-4H2;7-9H,1-4H2;2*15H,1-4H2;1-2H3;1H4;1-3H;;;;;(H2,1,2,3,4);4H;3*1H2/q;;;;;;;;;4*+1;;-1;;;/p-2. The summed E-state index contributed by atoms with van der Waals surface area (Å²) in [4.78, 5) is 262. The SMILES string of the molecule is C.CC(=O)OC(C)=O.CCC(CBr)(CO[N+](=O)[O-])C[N+](=O)[O-].O.O.O.O=S(=O)(O)O.O=[N+]([O-])OCC(CBr)(CO[N+](=O)[O-])CO[N+](=O)[O-].O=[N+]([O-])OCC(CO[N+](=O)[O-])(CO[N+](=O)[O-])CS(=O)(=S)O[O-].O=[N+]([O-])OCC(CO[N+](=O)[O-])(CO[N+](=O)[O-])CS(=O)(=S)O[O-].O=[N+]([O-])OCC(CO[N+](=O)[O-])(CO[N+](=O)[O-])CSSCC(CO[N+](=O)[O-])(CO[N+](=O)[O-])CO[N+](=O)[O-].O=[SH-]=S(=O)=O.OCC(CO)(CO)CBr.ONOO.[Na+].[Na+].[Na+].[Na+]. The van der Waals surface area contributed by atoms with Gasteiger partial charge in [-0.25, -0.2) is 22.1 Å². The molecule has 3 unspecified atom stereocenters. The second-order valence-corrected chi connectivity index (χ2v) is 37.3. The van der Waals surface area contributed by atoms with Crippen LogP contribution in [0, 0.1) is 210 Å². The minimum Gasteiger partial charge on any atom is -0.709 e. The van der Waals surface area contributed by atoms with Crippen molar-refractivity contribution in [2.24, 2.45) is 37.9 Å². The molecule has 0 aliphatic carbocycles. The summed E-state index contributed by atoms with van der Waals surface area (Å²) in [5, 5.41) is 216. The maximum Gasteiger partial charge on any atom is 1.00 e. The fourth-order valence-corrected chi connectivity index (χ4v) is 15.1. The number of halogens is 3. The number of hydrogen-bond donors (Lipinski definition) is 8. The fourth-order valence-electron chi connectivity index (χ4n) is 6.59.